The lowest BCUT2D eigenvalue weighted by molar-refractivity contribution is 0.102. The number of ether oxygens (including phenoxy) is 1. The van der Waals surface area contributed by atoms with Crippen molar-refractivity contribution in [3.05, 3.63) is 53.5 Å². The molecule has 1 aromatic heterocycles. The Bertz CT molecular complexity index is 597. The van der Waals surface area contributed by atoms with Crippen molar-refractivity contribution in [3.8, 4) is 5.88 Å². The largest absolute Gasteiger partial charge is 0.481 e. The molecule has 0 unspecified atom stereocenters. The number of rotatable bonds is 3. The lowest BCUT2D eigenvalue weighted by Gasteiger charge is -2.07. The van der Waals surface area contributed by atoms with E-state index in [0.29, 0.717) is 11.4 Å². The molecular formula is C14H13FN2O2. The molecule has 0 fully saturated rings. The van der Waals surface area contributed by atoms with Crippen LogP contribution in [-0.4, -0.2) is 18.0 Å². The number of carbonyl (C=O) groups is 1. The van der Waals surface area contributed by atoms with Crippen LogP contribution >= 0.6 is 0 Å². The van der Waals surface area contributed by atoms with E-state index in [1.165, 1.54) is 19.4 Å². The number of hydrogen-bond acceptors (Lipinski definition) is 3. The number of anilines is 1. The molecule has 19 heavy (non-hydrogen) atoms. The van der Waals surface area contributed by atoms with E-state index in [4.69, 9.17) is 4.74 Å². The normalized spacial score (nSPS) is 10.1. The molecule has 2 rings (SSSR count). The predicted molar refractivity (Wildman–Crippen MR) is 69.9 cm³/mol. The summed E-state index contributed by atoms with van der Waals surface area (Å²) in [5, 5.41) is 2.51. The number of halogens is 1. The number of pyridine rings is 1. The number of aromatic nitrogens is 1. The van der Waals surface area contributed by atoms with Gasteiger partial charge in [0, 0.05) is 12.3 Å². The molecule has 0 atom stereocenters. The van der Waals surface area contributed by atoms with Gasteiger partial charge in [-0.15, -0.1) is 0 Å². The minimum absolute atomic E-state index is 0.154. The molecule has 2 aromatic rings. The second-order valence-electron chi connectivity index (χ2n) is 4.03. The fourth-order valence-electron chi connectivity index (χ4n) is 1.56. The summed E-state index contributed by atoms with van der Waals surface area (Å²) in [7, 11) is 1.49. The van der Waals surface area contributed by atoms with Crippen LogP contribution in [0.2, 0.25) is 0 Å². The van der Waals surface area contributed by atoms with Gasteiger partial charge in [-0.2, -0.15) is 0 Å². The van der Waals surface area contributed by atoms with Crippen LogP contribution in [0.5, 0.6) is 5.88 Å². The highest BCUT2D eigenvalue weighted by molar-refractivity contribution is 6.04. The first-order valence-corrected chi connectivity index (χ1v) is 5.67. The lowest BCUT2D eigenvalue weighted by atomic mass is 10.2. The second-order valence-corrected chi connectivity index (χ2v) is 4.03. The third kappa shape index (κ3) is 3.07. The van der Waals surface area contributed by atoms with Gasteiger partial charge in [-0.1, -0.05) is 6.07 Å². The van der Waals surface area contributed by atoms with E-state index in [0.717, 1.165) is 5.56 Å². The molecule has 1 aromatic carbocycles. The van der Waals surface area contributed by atoms with Gasteiger partial charge in [0.25, 0.3) is 5.91 Å². The van der Waals surface area contributed by atoms with Crippen molar-refractivity contribution >= 4 is 11.6 Å². The molecular weight excluding hydrogens is 247 g/mol. The Morgan fingerprint density at radius 1 is 1.32 bits per heavy atom. The second kappa shape index (κ2) is 5.48. The Labute approximate surface area is 110 Å². The van der Waals surface area contributed by atoms with Crippen molar-refractivity contribution in [1.29, 1.82) is 0 Å². The van der Waals surface area contributed by atoms with Crippen LogP contribution in [0.4, 0.5) is 10.1 Å². The maximum Gasteiger partial charge on any atom is 0.257 e. The summed E-state index contributed by atoms with van der Waals surface area (Å²) in [6, 6.07) is 7.66. The fourth-order valence-corrected chi connectivity index (χ4v) is 1.56. The summed E-state index contributed by atoms with van der Waals surface area (Å²) in [6.07, 6.45) is 1.38. The Morgan fingerprint density at radius 3 is 2.74 bits per heavy atom. The van der Waals surface area contributed by atoms with Crippen molar-refractivity contribution in [2.75, 3.05) is 12.4 Å². The summed E-state index contributed by atoms with van der Waals surface area (Å²) in [4.78, 5) is 15.8. The Balaban J connectivity index is 2.18. The summed E-state index contributed by atoms with van der Waals surface area (Å²) < 4.78 is 18.4. The van der Waals surface area contributed by atoms with Crippen molar-refractivity contribution in [3.63, 3.8) is 0 Å². The van der Waals surface area contributed by atoms with Crippen LogP contribution in [-0.2, 0) is 0 Å². The van der Waals surface area contributed by atoms with E-state index in [1.54, 1.807) is 24.3 Å². The summed E-state index contributed by atoms with van der Waals surface area (Å²) in [5.41, 5.74) is 1.35. The first kappa shape index (κ1) is 13.0. The lowest BCUT2D eigenvalue weighted by Crippen LogP contribution is -2.13. The van der Waals surface area contributed by atoms with Gasteiger partial charge in [0.15, 0.2) is 0 Å². The maximum atomic E-state index is 13.5. The summed E-state index contributed by atoms with van der Waals surface area (Å²) in [5.74, 6) is -0.474. The van der Waals surface area contributed by atoms with Crippen LogP contribution in [0.3, 0.4) is 0 Å². The number of methoxy groups -OCH3 is 1. The third-order valence-electron chi connectivity index (χ3n) is 2.58. The maximum absolute atomic E-state index is 13.5. The molecule has 0 saturated heterocycles. The molecule has 5 heteroatoms. The first-order valence-electron chi connectivity index (χ1n) is 5.67. The van der Waals surface area contributed by atoms with E-state index < -0.39 is 11.7 Å². The molecule has 0 aliphatic carbocycles. The van der Waals surface area contributed by atoms with Crippen LogP contribution in [0, 0.1) is 12.7 Å². The van der Waals surface area contributed by atoms with Crippen LogP contribution in [0.15, 0.2) is 36.5 Å². The number of hydrogen-bond donors (Lipinski definition) is 1. The standard InChI is InChI=1S/C14H13FN2O2/c1-9-3-5-11(15)12(7-9)17-14(18)10-4-6-13(19-2)16-8-10/h3-8H,1-2H3,(H,17,18). The minimum Gasteiger partial charge on any atom is -0.481 e. The number of benzene rings is 1. The van der Waals surface area contributed by atoms with Crippen molar-refractivity contribution in [1.82, 2.24) is 4.98 Å². The highest BCUT2D eigenvalue weighted by Crippen LogP contribution is 2.17. The molecule has 4 nitrogen and oxygen atoms in total. The number of aryl methyl sites for hydroxylation is 1. The summed E-state index contributed by atoms with van der Waals surface area (Å²) >= 11 is 0. The predicted octanol–water partition coefficient (Wildman–Crippen LogP) is 2.79. The van der Waals surface area contributed by atoms with Gasteiger partial charge in [0.1, 0.15) is 5.82 Å². The van der Waals surface area contributed by atoms with Gasteiger partial charge in [-0.05, 0) is 30.7 Å². The molecule has 0 aliphatic heterocycles. The smallest absolute Gasteiger partial charge is 0.257 e. The SMILES string of the molecule is COc1ccc(C(=O)Nc2cc(C)ccc2F)cn1. The van der Waals surface area contributed by atoms with Gasteiger partial charge in [0.2, 0.25) is 5.88 Å². The van der Waals surface area contributed by atoms with Crippen molar-refractivity contribution in [2.24, 2.45) is 0 Å². The van der Waals surface area contributed by atoms with Crippen LogP contribution in [0.25, 0.3) is 0 Å². The molecule has 1 amide bonds. The van der Waals surface area contributed by atoms with Gasteiger partial charge in [-0.25, -0.2) is 9.37 Å². The number of carbonyl (C=O) groups excluding carboxylic acids is 1. The third-order valence-corrected chi connectivity index (χ3v) is 2.58. The van der Waals surface area contributed by atoms with Crippen LogP contribution < -0.4 is 10.1 Å². The zero-order valence-corrected chi connectivity index (χ0v) is 10.6. The van der Waals surface area contributed by atoms with E-state index in [9.17, 15) is 9.18 Å². The topological polar surface area (TPSA) is 51.2 Å². The van der Waals surface area contributed by atoms with E-state index >= 15 is 0 Å². The van der Waals surface area contributed by atoms with Crippen molar-refractivity contribution < 1.29 is 13.9 Å². The molecule has 0 saturated carbocycles. The molecule has 0 radical (unpaired) electrons. The number of amides is 1. The zero-order chi connectivity index (χ0) is 13.8. The quantitative estimate of drug-likeness (QED) is 0.923. The monoisotopic (exact) mass is 260 g/mol. The Kier molecular flexibility index (Phi) is 3.75. The first-order chi connectivity index (χ1) is 9.10. The average molecular weight is 260 g/mol. The highest BCUT2D eigenvalue weighted by atomic mass is 19.1. The Morgan fingerprint density at radius 2 is 2.11 bits per heavy atom. The van der Waals surface area contributed by atoms with Gasteiger partial charge >= 0.3 is 0 Å². The molecule has 1 heterocycles. The van der Waals surface area contributed by atoms with Gasteiger partial charge in [-0.3, -0.25) is 4.79 Å². The molecule has 98 valence electrons. The van der Waals surface area contributed by atoms with E-state index in [-0.39, 0.29) is 5.69 Å². The van der Waals surface area contributed by atoms with E-state index in [2.05, 4.69) is 10.3 Å². The highest BCUT2D eigenvalue weighted by Gasteiger charge is 2.10. The number of nitrogens with zero attached hydrogens (tertiary/aromatic N) is 1. The van der Waals surface area contributed by atoms with Gasteiger partial charge in [0.05, 0.1) is 18.4 Å². The minimum atomic E-state index is -0.472. The van der Waals surface area contributed by atoms with Crippen molar-refractivity contribution in [2.45, 2.75) is 6.92 Å². The van der Waals surface area contributed by atoms with Crippen LogP contribution in [0.1, 0.15) is 15.9 Å². The van der Waals surface area contributed by atoms with Gasteiger partial charge < -0.3 is 10.1 Å². The molecule has 0 spiro atoms. The number of nitrogens with one attached hydrogen (secondary N) is 1. The molecule has 0 aliphatic rings. The fraction of sp³-hybridized carbons (Fsp3) is 0.143. The average Bonchev–Trinajstić information content (AvgIpc) is 2.43. The zero-order valence-electron chi connectivity index (χ0n) is 10.6. The van der Waals surface area contributed by atoms with E-state index in [1.807, 2.05) is 6.92 Å². The molecule has 1 N–H and O–H groups in total. The Hall–Kier alpha value is -2.43. The summed E-state index contributed by atoms with van der Waals surface area (Å²) in [6.45, 7) is 1.82. The molecule has 0 bridgehead atoms.